The summed E-state index contributed by atoms with van der Waals surface area (Å²) in [6.07, 6.45) is 1.67. The quantitative estimate of drug-likeness (QED) is 0.501. The Labute approximate surface area is 216 Å². The highest BCUT2D eigenvalue weighted by molar-refractivity contribution is 8.18. The Morgan fingerprint density at radius 2 is 1.72 bits per heavy atom. The van der Waals surface area contributed by atoms with Gasteiger partial charge in [-0.1, -0.05) is 18.2 Å². The predicted octanol–water partition coefficient (Wildman–Crippen LogP) is 3.93. The van der Waals surface area contributed by atoms with Crippen molar-refractivity contribution in [1.29, 1.82) is 0 Å². The number of methoxy groups -OCH3 is 1. The molecule has 8 nitrogen and oxygen atoms in total. The van der Waals surface area contributed by atoms with Crippen LogP contribution in [0.5, 0.6) is 5.75 Å². The Hall–Kier alpha value is -3.46. The fourth-order valence-electron chi connectivity index (χ4n) is 4.47. The molecule has 2 heterocycles. The number of para-hydroxylation sites is 1. The van der Waals surface area contributed by atoms with E-state index in [9.17, 15) is 14.4 Å². The summed E-state index contributed by atoms with van der Waals surface area (Å²) >= 11 is 0.855. The van der Waals surface area contributed by atoms with E-state index in [1.54, 1.807) is 18.1 Å². The van der Waals surface area contributed by atoms with Crippen molar-refractivity contribution in [3.05, 3.63) is 59.0 Å². The van der Waals surface area contributed by atoms with Crippen LogP contribution in [0.15, 0.2) is 53.4 Å². The van der Waals surface area contributed by atoms with Gasteiger partial charge in [-0.25, -0.2) is 0 Å². The summed E-state index contributed by atoms with van der Waals surface area (Å²) in [7, 11) is 1.58. The molecule has 2 aromatic rings. The SMILES string of the molecule is CCN(CC)c1ccc(/C=C2/SC(=O)N(CC(=O)N3CCN(c4ccccc4)CC3)C2=O)c(OC)c1. The molecule has 9 heteroatoms. The fraction of sp³-hybridized carbons (Fsp3) is 0.370. The van der Waals surface area contributed by atoms with E-state index in [4.69, 9.17) is 4.74 Å². The van der Waals surface area contributed by atoms with E-state index < -0.39 is 11.1 Å². The van der Waals surface area contributed by atoms with Gasteiger partial charge < -0.3 is 19.4 Å². The molecule has 2 aliphatic rings. The van der Waals surface area contributed by atoms with Crippen molar-refractivity contribution in [2.75, 3.05) is 62.7 Å². The number of anilines is 2. The van der Waals surface area contributed by atoms with Crippen molar-refractivity contribution in [3.8, 4) is 5.75 Å². The summed E-state index contributed by atoms with van der Waals surface area (Å²) in [5, 5.41) is -0.429. The third-order valence-electron chi connectivity index (χ3n) is 6.55. The van der Waals surface area contributed by atoms with Crippen LogP contribution in [0.1, 0.15) is 19.4 Å². The van der Waals surface area contributed by atoms with Gasteiger partial charge in [0.25, 0.3) is 11.1 Å². The summed E-state index contributed by atoms with van der Waals surface area (Å²) in [6, 6.07) is 15.9. The monoisotopic (exact) mass is 508 g/mol. The molecule has 3 amide bonds. The van der Waals surface area contributed by atoms with Crippen molar-refractivity contribution < 1.29 is 19.1 Å². The van der Waals surface area contributed by atoms with Crippen LogP contribution in [0.25, 0.3) is 6.08 Å². The first-order chi connectivity index (χ1) is 17.4. The smallest absolute Gasteiger partial charge is 0.294 e. The molecule has 2 saturated heterocycles. The molecule has 0 N–H and O–H groups in total. The van der Waals surface area contributed by atoms with Crippen molar-refractivity contribution in [3.63, 3.8) is 0 Å². The lowest BCUT2D eigenvalue weighted by Gasteiger charge is -2.36. The molecule has 0 aliphatic carbocycles. The third-order valence-corrected chi connectivity index (χ3v) is 7.46. The number of rotatable bonds is 8. The van der Waals surface area contributed by atoms with Gasteiger partial charge in [-0.05, 0) is 56.0 Å². The van der Waals surface area contributed by atoms with Gasteiger partial charge >= 0.3 is 0 Å². The van der Waals surface area contributed by atoms with E-state index >= 15 is 0 Å². The molecular weight excluding hydrogens is 476 g/mol. The highest BCUT2D eigenvalue weighted by atomic mass is 32.2. The van der Waals surface area contributed by atoms with E-state index in [0.29, 0.717) is 37.5 Å². The summed E-state index contributed by atoms with van der Waals surface area (Å²) < 4.78 is 5.55. The molecule has 0 bridgehead atoms. The molecule has 0 radical (unpaired) electrons. The lowest BCUT2D eigenvalue weighted by atomic mass is 10.1. The molecule has 0 atom stereocenters. The Kier molecular flexibility index (Phi) is 8.20. The van der Waals surface area contributed by atoms with Crippen molar-refractivity contribution in [2.45, 2.75) is 13.8 Å². The van der Waals surface area contributed by atoms with Crippen molar-refractivity contribution >= 4 is 46.3 Å². The summed E-state index contributed by atoms with van der Waals surface area (Å²) in [5.74, 6) is -0.0397. The van der Waals surface area contributed by atoms with Gasteiger partial charge in [0, 0.05) is 62.3 Å². The Balaban J connectivity index is 1.41. The third kappa shape index (κ3) is 5.51. The number of piperazine rings is 1. The Morgan fingerprint density at radius 1 is 1.03 bits per heavy atom. The van der Waals surface area contributed by atoms with E-state index in [-0.39, 0.29) is 17.4 Å². The van der Waals surface area contributed by atoms with Crippen LogP contribution in [-0.2, 0) is 9.59 Å². The minimum Gasteiger partial charge on any atom is -0.496 e. The first-order valence-corrected chi connectivity index (χ1v) is 13.0. The average Bonchev–Trinajstić information content (AvgIpc) is 3.17. The first-order valence-electron chi connectivity index (χ1n) is 12.2. The number of carbonyl (C=O) groups excluding carboxylic acids is 3. The zero-order valence-corrected chi connectivity index (χ0v) is 21.8. The first kappa shape index (κ1) is 25.6. The van der Waals surface area contributed by atoms with Crippen LogP contribution in [0, 0.1) is 0 Å². The lowest BCUT2D eigenvalue weighted by Crippen LogP contribution is -2.51. The van der Waals surface area contributed by atoms with E-state index in [1.165, 1.54) is 0 Å². The number of carbonyl (C=O) groups is 3. The van der Waals surface area contributed by atoms with Gasteiger partial charge in [-0.3, -0.25) is 19.3 Å². The Bertz CT molecular complexity index is 1140. The van der Waals surface area contributed by atoms with E-state index in [1.807, 2.05) is 36.4 Å². The van der Waals surface area contributed by atoms with Crippen LogP contribution in [0.2, 0.25) is 0 Å². The van der Waals surface area contributed by atoms with Gasteiger partial charge in [-0.2, -0.15) is 0 Å². The normalized spacial score (nSPS) is 17.2. The van der Waals surface area contributed by atoms with Crippen molar-refractivity contribution in [1.82, 2.24) is 9.80 Å². The molecule has 190 valence electrons. The highest BCUT2D eigenvalue weighted by Crippen LogP contribution is 2.35. The molecule has 36 heavy (non-hydrogen) atoms. The zero-order chi connectivity index (χ0) is 25.7. The molecule has 0 unspecified atom stereocenters. The topological polar surface area (TPSA) is 73.4 Å². The van der Waals surface area contributed by atoms with E-state index in [0.717, 1.165) is 41.1 Å². The molecule has 2 aliphatic heterocycles. The highest BCUT2D eigenvalue weighted by Gasteiger charge is 2.37. The lowest BCUT2D eigenvalue weighted by molar-refractivity contribution is -0.136. The minimum absolute atomic E-state index is 0.215. The maximum Gasteiger partial charge on any atom is 0.294 e. The van der Waals surface area contributed by atoms with Crippen LogP contribution >= 0.6 is 11.8 Å². The summed E-state index contributed by atoms with van der Waals surface area (Å²) in [6.45, 7) is 8.19. The number of nitrogens with zero attached hydrogens (tertiary/aromatic N) is 4. The van der Waals surface area contributed by atoms with Crippen molar-refractivity contribution in [2.24, 2.45) is 0 Å². The maximum absolute atomic E-state index is 13.0. The molecule has 2 aromatic carbocycles. The number of amides is 3. The maximum atomic E-state index is 13.0. The van der Waals surface area contributed by atoms with Crippen LogP contribution in [-0.4, -0.2) is 79.8 Å². The van der Waals surface area contributed by atoms with Crippen LogP contribution in [0.3, 0.4) is 0 Å². The van der Waals surface area contributed by atoms with Gasteiger partial charge in [0.1, 0.15) is 12.3 Å². The zero-order valence-electron chi connectivity index (χ0n) is 21.0. The standard InChI is InChI=1S/C27H32N4O4S/c1-4-28(5-2)22-12-11-20(23(18-22)35-3)17-24-26(33)31(27(34)36-24)19-25(32)30-15-13-29(14-16-30)21-9-7-6-8-10-21/h6-12,17-18H,4-5,13-16,19H2,1-3H3/b24-17+. The molecular formula is C27H32N4O4S. The molecule has 4 rings (SSSR count). The number of hydrogen-bond acceptors (Lipinski definition) is 7. The summed E-state index contributed by atoms with van der Waals surface area (Å²) in [5.41, 5.74) is 2.86. The van der Waals surface area contributed by atoms with Gasteiger partial charge in [0.2, 0.25) is 5.91 Å². The number of thioether (sulfide) groups is 1. The predicted molar refractivity (Wildman–Crippen MR) is 144 cm³/mol. The number of imide groups is 1. The minimum atomic E-state index is -0.448. The van der Waals surface area contributed by atoms with Gasteiger partial charge in [-0.15, -0.1) is 0 Å². The van der Waals surface area contributed by atoms with Gasteiger partial charge in [0.15, 0.2) is 0 Å². The second-order valence-electron chi connectivity index (χ2n) is 8.57. The second kappa shape index (κ2) is 11.5. The van der Waals surface area contributed by atoms with E-state index in [2.05, 4.69) is 35.8 Å². The molecule has 0 saturated carbocycles. The molecule has 2 fully saturated rings. The number of hydrogen-bond donors (Lipinski definition) is 0. The molecule has 0 aromatic heterocycles. The number of benzene rings is 2. The van der Waals surface area contributed by atoms with Gasteiger partial charge in [0.05, 0.1) is 12.0 Å². The van der Waals surface area contributed by atoms with Crippen LogP contribution in [0.4, 0.5) is 16.2 Å². The summed E-state index contributed by atoms with van der Waals surface area (Å²) in [4.78, 5) is 46.1. The largest absolute Gasteiger partial charge is 0.496 e. The average molecular weight is 509 g/mol. The second-order valence-corrected chi connectivity index (χ2v) is 9.56. The molecule has 0 spiro atoms. The van der Waals surface area contributed by atoms with Crippen LogP contribution < -0.4 is 14.5 Å². The Morgan fingerprint density at radius 3 is 2.36 bits per heavy atom. The fourth-order valence-corrected chi connectivity index (χ4v) is 5.30. The number of ether oxygens (including phenoxy) is 1.